The quantitative estimate of drug-likeness (QED) is 0.524. The first kappa shape index (κ1) is 17.5. The Morgan fingerprint density at radius 2 is 1.97 bits per heavy atom. The van der Waals surface area contributed by atoms with Gasteiger partial charge in [0.25, 0.3) is 5.56 Å². The molecule has 0 saturated carbocycles. The maximum absolute atomic E-state index is 12.2. The molecule has 5 rings (SSSR count). The van der Waals surface area contributed by atoms with Crippen LogP contribution < -0.4 is 10.5 Å². The summed E-state index contributed by atoms with van der Waals surface area (Å²) in [6.07, 6.45) is 6.31. The maximum Gasteiger partial charge on any atom is 0.274 e. The van der Waals surface area contributed by atoms with Crippen LogP contribution in [0.5, 0.6) is 0 Å². The number of hydrogen-bond acceptors (Lipinski definition) is 6. The summed E-state index contributed by atoms with van der Waals surface area (Å²) >= 11 is 0. The predicted octanol–water partition coefficient (Wildman–Crippen LogP) is 2.06. The standard InChI is InChI=1S/C21H21N7O/c1-13-8-19-22-6-4-20(29)28(19)25-21(13)27-7-5-18-16(11-27)9-15(10-23-18)17-12-26(3)24-14(17)2/h4,6,8-10,12H,5,7,11H2,1-3H3. The van der Waals surface area contributed by atoms with Gasteiger partial charge in [0, 0.05) is 68.0 Å². The molecule has 0 aliphatic carbocycles. The van der Waals surface area contributed by atoms with Crippen LogP contribution in [0.2, 0.25) is 0 Å². The molecular formula is C21H21N7O. The lowest BCUT2D eigenvalue weighted by Gasteiger charge is -2.30. The summed E-state index contributed by atoms with van der Waals surface area (Å²) in [5.41, 5.74) is 6.83. The highest BCUT2D eigenvalue weighted by Gasteiger charge is 2.22. The molecule has 0 radical (unpaired) electrons. The lowest BCUT2D eigenvalue weighted by molar-refractivity contribution is 0.685. The van der Waals surface area contributed by atoms with E-state index in [0.29, 0.717) is 12.2 Å². The molecule has 0 spiro atoms. The molecule has 1 aliphatic heterocycles. The van der Waals surface area contributed by atoms with Crippen LogP contribution in [0.25, 0.3) is 16.8 Å². The van der Waals surface area contributed by atoms with E-state index in [4.69, 9.17) is 4.98 Å². The zero-order valence-electron chi connectivity index (χ0n) is 16.6. The minimum atomic E-state index is -0.176. The van der Waals surface area contributed by atoms with Gasteiger partial charge in [-0.05, 0) is 37.1 Å². The fourth-order valence-corrected chi connectivity index (χ4v) is 4.00. The van der Waals surface area contributed by atoms with Crippen LogP contribution in [-0.2, 0) is 20.0 Å². The number of nitrogens with zero attached hydrogens (tertiary/aromatic N) is 7. The van der Waals surface area contributed by atoms with Crippen LogP contribution in [0.4, 0.5) is 5.82 Å². The van der Waals surface area contributed by atoms with Crippen molar-refractivity contribution in [3.8, 4) is 11.1 Å². The van der Waals surface area contributed by atoms with Gasteiger partial charge in [-0.3, -0.25) is 14.5 Å². The lowest BCUT2D eigenvalue weighted by atomic mass is 10.0. The summed E-state index contributed by atoms with van der Waals surface area (Å²) in [6, 6.07) is 5.53. The smallest absolute Gasteiger partial charge is 0.274 e. The van der Waals surface area contributed by atoms with E-state index in [2.05, 4.69) is 26.1 Å². The Kier molecular flexibility index (Phi) is 3.94. The van der Waals surface area contributed by atoms with E-state index in [0.717, 1.165) is 46.9 Å². The minimum Gasteiger partial charge on any atom is -0.350 e. The molecule has 146 valence electrons. The summed E-state index contributed by atoms with van der Waals surface area (Å²) < 4.78 is 3.19. The van der Waals surface area contributed by atoms with Gasteiger partial charge in [0.05, 0.1) is 5.69 Å². The molecule has 0 fully saturated rings. The fraction of sp³-hybridized carbons (Fsp3) is 0.286. The molecule has 29 heavy (non-hydrogen) atoms. The first-order valence-electron chi connectivity index (χ1n) is 9.58. The number of rotatable bonds is 2. The molecule has 0 unspecified atom stereocenters. The third-order valence-electron chi connectivity index (χ3n) is 5.41. The lowest BCUT2D eigenvalue weighted by Crippen LogP contribution is -2.33. The van der Waals surface area contributed by atoms with Crippen molar-refractivity contribution >= 4 is 11.5 Å². The van der Waals surface area contributed by atoms with Crippen molar-refractivity contribution in [2.24, 2.45) is 7.05 Å². The molecule has 1 aliphatic rings. The van der Waals surface area contributed by atoms with E-state index in [1.807, 2.05) is 44.0 Å². The zero-order valence-corrected chi connectivity index (χ0v) is 16.6. The number of aryl methyl sites for hydroxylation is 3. The molecule has 0 aromatic carbocycles. The van der Waals surface area contributed by atoms with E-state index in [1.165, 1.54) is 22.3 Å². The van der Waals surface area contributed by atoms with Gasteiger partial charge in [0.1, 0.15) is 0 Å². The molecule has 5 heterocycles. The van der Waals surface area contributed by atoms with Crippen molar-refractivity contribution in [2.45, 2.75) is 26.8 Å². The summed E-state index contributed by atoms with van der Waals surface area (Å²) in [4.78, 5) is 23.3. The largest absolute Gasteiger partial charge is 0.350 e. The first-order chi connectivity index (χ1) is 14.0. The number of pyridine rings is 1. The van der Waals surface area contributed by atoms with Crippen molar-refractivity contribution in [2.75, 3.05) is 11.4 Å². The molecular weight excluding hydrogens is 366 g/mol. The highest BCUT2D eigenvalue weighted by Crippen LogP contribution is 2.29. The third-order valence-corrected chi connectivity index (χ3v) is 5.41. The molecule has 8 nitrogen and oxygen atoms in total. The highest BCUT2D eigenvalue weighted by molar-refractivity contribution is 5.66. The van der Waals surface area contributed by atoms with Crippen molar-refractivity contribution in [3.63, 3.8) is 0 Å². The van der Waals surface area contributed by atoms with Gasteiger partial charge in [0.2, 0.25) is 0 Å². The topological polar surface area (TPSA) is 81.2 Å². The number of hydrogen-bond donors (Lipinski definition) is 0. The van der Waals surface area contributed by atoms with E-state index >= 15 is 0 Å². The van der Waals surface area contributed by atoms with Gasteiger partial charge in [-0.15, -0.1) is 5.10 Å². The van der Waals surface area contributed by atoms with Crippen molar-refractivity contribution in [1.82, 2.24) is 29.4 Å². The summed E-state index contributed by atoms with van der Waals surface area (Å²) in [6.45, 7) is 5.52. The van der Waals surface area contributed by atoms with Crippen molar-refractivity contribution in [1.29, 1.82) is 0 Å². The van der Waals surface area contributed by atoms with Crippen molar-refractivity contribution in [3.05, 3.63) is 69.7 Å². The Hall–Kier alpha value is -3.55. The van der Waals surface area contributed by atoms with Gasteiger partial charge in [-0.1, -0.05) is 0 Å². The van der Waals surface area contributed by atoms with Gasteiger partial charge in [-0.25, -0.2) is 4.98 Å². The molecule has 0 amide bonds. The van der Waals surface area contributed by atoms with Gasteiger partial charge < -0.3 is 4.90 Å². The Balaban J connectivity index is 1.54. The highest BCUT2D eigenvalue weighted by atomic mass is 16.1. The second kappa shape index (κ2) is 6.51. The van der Waals surface area contributed by atoms with E-state index in [-0.39, 0.29) is 5.56 Å². The molecule has 0 saturated heterocycles. The summed E-state index contributed by atoms with van der Waals surface area (Å²) in [5, 5.41) is 9.04. The van der Waals surface area contributed by atoms with Crippen LogP contribution in [-0.4, -0.2) is 35.9 Å². The fourth-order valence-electron chi connectivity index (χ4n) is 4.00. The van der Waals surface area contributed by atoms with E-state index in [9.17, 15) is 4.79 Å². The van der Waals surface area contributed by atoms with Crippen molar-refractivity contribution < 1.29 is 0 Å². The predicted molar refractivity (Wildman–Crippen MR) is 110 cm³/mol. The van der Waals surface area contributed by atoms with Gasteiger partial charge in [-0.2, -0.15) is 9.61 Å². The molecule has 0 N–H and O–H groups in total. The molecule has 0 atom stereocenters. The Labute approximate surface area is 167 Å². The number of aromatic nitrogens is 6. The Morgan fingerprint density at radius 3 is 2.76 bits per heavy atom. The molecule has 4 aromatic heterocycles. The second-order valence-electron chi connectivity index (χ2n) is 7.51. The van der Waals surface area contributed by atoms with E-state index < -0.39 is 0 Å². The van der Waals surface area contributed by atoms with Crippen LogP contribution >= 0.6 is 0 Å². The number of fused-ring (bicyclic) bond motifs is 2. The third kappa shape index (κ3) is 2.97. The first-order valence-corrected chi connectivity index (χ1v) is 9.58. The normalized spacial score (nSPS) is 13.7. The Morgan fingerprint density at radius 1 is 1.10 bits per heavy atom. The van der Waals surface area contributed by atoms with Gasteiger partial charge >= 0.3 is 0 Å². The zero-order chi connectivity index (χ0) is 20.1. The maximum atomic E-state index is 12.2. The molecule has 8 heteroatoms. The average molecular weight is 387 g/mol. The van der Waals surface area contributed by atoms with E-state index in [1.54, 1.807) is 0 Å². The van der Waals surface area contributed by atoms with Crippen LogP contribution in [0.15, 0.2) is 41.6 Å². The SMILES string of the molecule is Cc1cc2nccc(=O)n2nc1N1CCc2ncc(-c3cn(C)nc3C)cc2C1. The molecule has 4 aromatic rings. The van der Waals surface area contributed by atoms with Crippen LogP contribution in [0.3, 0.4) is 0 Å². The monoisotopic (exact) mass is 387 g/mol. The minimum absolute atomic E-state index is 0.176. The summed E-state index contributed by atoms with van der Waals surface area (Å²) in [7, 11) is 1.93. The average Bonchev–Trinajstić information content (AvgIpc) is 3.05. The molecule has 0 bridgehead atoms. The Bertz CT molecular complexity index is 1300. The van der Waals surface area contributed by atoms with Gasteiger partial charge in [0.15, 0.2) is 11.5 Å². The number of anilines is 1. The second-order valence-corrected chi connectivity index (χ2v) is 7.51. The summed E-state index contributed by atoms with van der Waals surface area (Å²) in [5.74, 6) is 0.807. The van der Waals surface area contributed by atoms with Crippen LogP contribution in [0, 0.1) is 13.8 Å². The van der Waals surface area contributed by atoms with Crippen LogP contribution in [0.1, 0.15) is 22.5 Å².